The number of thiophene rings is 1. The Balaban J connectivity index is 2.16. The Bertz CT molecular complexity index is 835. The number of hydrogen-bond donors (Lipinski definition) is 1. The molecule has 140 valence electrons. The topological polar surface area (TPSA) is 64.6 Å². The lowest BCUT2D eigenvalue weighted by molar-refractivity contribution is -0.122. The van der Waals surface area contributed by atoms with E-state index < -0.39 is 18.0 Å². The molecular weight excluding hydrogens is 397 g/mol. The number of anilines is 1. The molecule has 1 atom stereocenters. The zero-order valence-electron chi connectivity index (χ0n) is 14.8. The second-order valence-corrected chi connectivity index (χ2v) is 7.60. The van der Waals surface area contributed by atoms with Crippen molar-refractivity contribution in [1.29, 1.82) is 0 Å². The first-order valence-corrected chi connectivity index (χ1v) is 9.51. The fourth-order valence-corrected chi connectivity index (χ4v) is 3.70. The van der Waals surface area contributed by atoms with E-state index in [0.29, 0.717) is 26.4 Å². The molecule has 0 saturated heterocycles. The van der Waals surface area contributed by atoms with Gasteiger partial charge in [0, 0.05) is 9.90 Å². The van der Waals surface area contributed by atoms with Gasteiger partial charge in [0.2, 0.25) is 0 Å². The first-order valence-electron chi connectivity index (χ1n) is 7.94. The molecule has 0 saturated carbocycles. The zero-order chi connectivity index (χ0) is 19.4. The average molecular weight is 416 g/mol. The molecule has 0 fully saturated rings. The molecule has 0 aliphatic carbocycles. The Morgan fingerprint density at radius 1 is 1.27 bits per heavy atom. The predicted octanol–water partition coefficient (Wildman–Crippen LogP) is 5.25. The standard InChI is InChI=1S/C18H19Cl2NO4S/c1-5-24-18(23)15-9(2)11(4)26-17(15)21-16(22)10(3)25-14-7-6-12(19)8-13(14)20/h6-8,10H,5H2,1-4H3,(H,21,22). The molecule has 2 rings (SSSR count). The molecule has 1 N–H and O–H groups in total. The van der Waals surface area contributed by atoms with E-state index in [4.69, 9.17) is 32.7 Å². The number of ether oxygens (including phenoxy) is 2. The highest BCUT2D eigenvalue weighted by atomic mass is 35.5. The number of carbonyl (C=O) groups is 2. The van der Waals surface area contributed by atoms with Crippen molar-refractivity contribution in [3.63, 3.8) is 0 Å². The van der Waals surface area contributed by atoms with Crippen molar-refractivity contribution in [3.05, 3.63) is 44.2 Å². The van der Waals surface area contributed by atoms with E-state index in [1.165, 1.54) is 17.4 Å². The van der Waals surface area contributed by atoms with Gasteiger partial charge in [-0.1, -0.05) is 23.2 Å². The van der Waals surface area contributed by atoms with Crippen LogP contribution >= 0.6 is 34.5 Å². The van der Waals surface area contributed by atoms with Gasteiger partial charge in [0.25, 0.3) is 5.91 Å². The van der Waals surface area contributed by atoms with Crippen molar-refractivity contribution in [2.24, 2.45) is 0 Å². The lowest BCUT2D eigenvalue weighted by Gasteiger charge is -2.16. The van der Waals surface area contributed by atoms with Crippen LogP contribution in [0.15, 0.2) is 18.2 Å². The van der Waals surface area contributed by atoms with Gasteiger partial charge >= 0.3 is 5.97 Å². The summed E-state index contributed by atoms with van der Waals surface area (Å²) in [6, 6.07) is 4.75. The Hall–Kier alpha value is -1.76. The van der Waals surface area contributed by atoms with Crippen LogP contribution in [0.25, 0.3) is 0 Å². The summed E-state index contributed by atoms with van der Waals surface area (Å²) in [6.45, 7) is 7.29. The number of amides is 1. The first kappa shape index (κ1) is 20.6. The lowest BCUT2D eigenvalue weighted by atomic mass is 10.1. The molecule has 26 heavy (non-hydrogen) atoms. The number of esters is 1. The molecule has 1 unspecified atom stereocenters. The SMILES string of the molecule is CCOC(=O)c1c(NC(=O)C(C)Oc2ccc(Cl)cc2Cl)sc(C)c1C. The Labute approximate surface area is 166 Å². The van der Waals surface area contributed by atoms with Gasteiger partial charge in [0.15, 0.2) is 6.10 Å². The molecule has 1 amide bonds. The van der Waals surface area contributed by atoms with Crippen molar-refractivity contribution >= 4 is 51.4 Å². The van der Waals surface area contributed by atoms with Gasteiger partial charge in [-0.2, -0.15) is 0 Å². The molecular formula is C18H19Cl2NO4S. The highest BCUT2D eigenvalue weighted by Crippen LogP contribution is 2.33. The van der Waals surface area contributed by atoms with E-state index >= 15 is 0 Å². The van der Waals surface area contributed by atoms with Crippen molar-refractivity contribution < 1.29 is 19.1 Å². The van der Waals surface area contributed by atoms with Crippen LogP contribution in [0.4, 0.5) is 5.00 Å². The van der Waals surface area contributed by atoms with Crippen LogP contribution in [0.2, 0.25) is 10.0 Å². The second-order valence-electron chi connectivity index (χ2n) is 5.53. The molecule has 8 heteroatoms. The highest BCUT2D eigenvalue weighted by molar-refractivity contribution is 7.16. The van der Waals surface area contributed by atoms with Crippen LogP contribution in [-0.4, -0.2) is 24.6 Å². The number of benzene rings is 1. The van der Waals surface area contributed by atoms with Crippen molar-refractivity contribution in [3.8, 4) is 5.75 Å². The number of hydrogen-bond acceptors (Lipinski definition) is 5. The summed E-state index contributed by atoms with van der Waals surface area (Å²) in [5, 5.41) is 3.98. The van der Waals surface area contributed by atoms with Gasteiger partial charge in [-0.3, -0.25) is 4.79 Å². The maximum absolute atomic E-state index is 12.5. The van der Waals surface area contributed by atoms with Crippen LogP contribution < -0.4 is 10.1 Å². The van der Waals surface area contributed by atoms with E-state index in [-0.39, 0.29) is 6.61 Å². The molecule has 5 nitrogen and oxygen atoms in total. The number of rotatable bonds is 6. The molecule has 0 aliphatic rings. The smallest absolute Gasteiger partial charge is 0.341 e. The molecule has 1 aromatic heterocycles. The van der Waals surface area contributed by atoms with Crippen LogP contribution in [0.1, 0.15) is 34.6 Å². The summed E-state index contributed by atoms with van der Waals surface area (Å²) in [5.74, 6) is -0.510. The molecule has 0 bridgehead atoms. The van der Waals surface area contributed by atoms with Gasteiger partial charge in [0.05, 0.1) is 17.2 Å². The third-order valence-electron chi connectivity index (χ3n) is 3.67. The van der Waals surface area contributed by atoms with Crippen molar-refractivity contribution in [2.45, 2.75) is 33.8 Å². The Morgan fingerprint density at radius 3 is 2.58 bits per heavy atom. The zero-order valence-corrected chi connectivity index (χ0v) is 17.1. The molecule has 1 heterocycles. The number of aryl methyl sites for hydroxylation is 1. The summed E-state index contributed by atoms with van der Waals surface area (Å²) in [4.78, 5) is 25.6. The lowest BCUT2D eigenvalue weighted by Crippen LogP contribution is -2.30. The van der Waals surface area contributed by atoms with Crippen LogP contribution in [-0.2, 0) is 9.53 Å². The fourth-order valence-electron chi connectivity index (χ4n) is 2.19. The minimum absolute atomic E-state index is 0.259. The Kier molecular flexibility index (Phi) is 6.92. The maximum atomic E-state index is 12.5. The van der Waals surface area contributed by atoms with Gasteiger partial charge < -0.3 is 14.8 Å². The third kappa shape index (κ3) is 4.69. The quantitative estimate of drug-likeness (QED) is 0.653. The first-order chi connectivity index (χ1) is 12.2. The molecule has 1 aromatic carbocycles. The van der Waals surface area contributed by atoms with E-state index in [1.54, 1.807) is 26.0 Å². The van der Waals surface area contributed by atoms with E-state index in [9.17, 15) is 9.59 Å². The predicted molar refractivity (Wildman–Crippen MR) is 105 cm³/mol. The molecule has 0 radical (unpaired) electrons. The average Bonchev–Trinajstić information content (AvgIpc) is 2.84. The maximum Gasteiger partial charge on any atom is 0.341 e. The minimum atomic E-state index is -0.827. The number of halogens is 2. The van der Waals surface area contributed by atoms with Gasteiger partial charge in [-0.15, -0.1) is 11.3 Å². The third-order valence-corrected chi connectivity index (χ3v) is 5.32. The normalized spacial score (nSPS) is 11.8. The minimum Gasteiger partial charge on any atom is -0.479 e. The largest absolute Gasteiger partial charge is 0.479 e. The summed E-state index contributed by atoms with van der Waals surface area (Å²) in [6.07, 6.45) is -0.827. The van der Waals surface area contributed by atoms with Crippen LogP contribution in [0, 0.1) is 13.8 Å². The van der Waals surface area contributed by atoms with E-state index in [0.717, 1.165) is 10.4 Å². The van der Waals surface area contributed by atoms with Crippen molar-refractivity contribution in [1.82, 2.24) is 0 Å². The van der Waals surface area contributed by atoms with E-state index in [1.807, 2.05) is 13.8 Å². The fraction of sp³-hybridized carbons (Fsp3) is 0.333. The second kappa shape index (κ2) is 8.75. The summed E-state index contributed by atoms with van der Waals surface area (Å²) < 4.78 is 10.7. The van der Waals surface area contributed by atoms with Gasteiger partial charge in [-0.25, -0.2) is 4.79 Å². The highest BCUT2D eigenvalue weighted by Gasteiger charge is 2.24. The van der Waals surface area contributed by atoms with Crippen LogP contribution in [0.3, 0.4) is 0 Å². The Morgan fingerprint density at radius 2 is 1.96 bits per heavy atom. The summed E-state index contributed by atoms with van der Waals surface area (Å²) in [5.41, 5.74) is 1.16. The van der Waals surface area contributed by atoms with E-state index in [2.05, 4.69) is 5.32 Å². The van der Waals surface area contributed by atoms with Gasteiger partial charge in [-0.05, 0) is 51.5 Å². The molecule has 0 spiro atoms. The summed E-state index contributed by atoms with van der Waals surface area (Å²) in [7, 11) is 0. The molecule has 0 aliphatic heterocycles. The number of carbonyl (C=O) groups excluding carboxylic acids is 2. The summed E-state index contributed by atoms with van der Waals surface area (Å²) >= 11 is 13.2. The number of nitrogens with one attached hydrogen (secondary N) is 1. The van der Waals surface area contributed by atoms with Crippen molar-refractivity contribution in [2.75, 3.05) is 11.9 Å². The monoisotopic (exact) mass is 415 g/mol. The van der Waals surface area contributed by atoms with Gasteiger partial charge in [0.1, 0.15) is 10.8 Å². The van der Waals surface area contributed by atoms with Crippen LogP contribution in [0.5, 0.6) is 5.75 Å². The molecule has 2 aromatic rings.